The molecule has 88 valence electrons. The number of hydrogen-bond donors (Lipinski definition) is 1. The molecule has 5 heteroatoms. The predicted molar refractivity (Wildman–Crippen MR) is 71.9 cm³/mol. The standard InChI is InChI=1S/C12H10BrFN2S/c1-2-9-10(13)12(17)16-11(15-9)7-3-5-8(14)6-4-7/h3-6H,2H2,1H3,(H,15,16,17). The summed E-state index contributed by atoms with van der Waals surface area (Å²) in [6.07, 6.45) is 0.820. The van der Waals surface area contributed by atoms with E-state index < -0.39 is 0 Å². The summed E-state index contributed by atoms with van der Waals surface area (Å²) in [5.74, 6) is 0.398. The SMILES string of the molecule is CCc1[nH]c(-c2ccc(F)cc2)nc(=S)c1Br. The van der Waals surface area contributed by atoms with Crippen LogP contribution in [0.1, 0.15) is 12.6 Å². The Morgan fingerprint density at radius 3 is 2.59 bits per heavy atom. The van der Waals surface area contributed by atoms with Gasteiger partial charge in [0, 0.05) is 11.3 Å². The van der Waals surface area contributed by atoms with Crippen molar-refractivity contribution < 1.29 is 4.39 Å². The van der Waals surface area contributed by atoms with E-state index in [-0.39, 0.29) is 5.82 Å². The van der Waals surface area contributed by atoms with E-state index in [9.17, 15) is 4.39 Å². The largest absolute Gasteiger partial charge is 0.342 e. The Morgan fingerprint density at radius 1 is 1.35 bits per heavy atom. The minimum Gasteiger partial charge on any atom is -0.342 e. The average molecular weight is 313 g/mol. The lowest BCUT2D eigenvalue weighted by molar-refractivity contribution is 0.628. The summed E-state index contributed by atoms with van der Waals surface area (Å²) in [7, 11) is 0. The van der Waals surface area contributed by atoms with Gasteiger partial charge in [-0.25, -0.2) is 9.37 Å². The zero-order chi connectivity index (χ0) is 12.4. The van der Waals surface area contributed by atoms with Gasteiger partial charge in [0.05, 0.1) is 4.47 Å². The van der Waals surface area contributed by atoms with Gasteiger partial charge < -0.3 is 4.98 Å². The van der Waals surface area contributed by atoms with Gasteiger partial charge in [-0.1, -0.05) is 19.1 Å². The topological polar surface area (TPSA) is 28.7 Å². The molecule has 2 nitrogen and oxygen atoms in total. The van der Waals surface area contributed by atoms with Gasteiger partial charge >= 0.3 is 0 Å². The molecule has 1 aromatic carbocycles. The third kappa shape index (κ3) is 2.61. The molecule has 1 N–H and O–H groups in total. The second kappa shape index (κ2) is 5.06. The van der Waals surface area contributed by atoms with Crippen LogP contribution in [-0.2, 0) is 6.42 Å². The first-order valence-corrected chi connectivity index (χ1v) is 6.36. The highest BCUT2D eigenvalue weighted by Crippen LogP contribution is 2.21. The molecular weight excluding hydrogens is 303 g/mol. The first kappa shape index (κ1) is 12.4. The number of nitrogens with zero attached hydrogens (tertiary/aromatic N) is 1. The van der Waals surface area contributed by atoms with Crippen LogP contribution in [0.15, 0.2) is 28.7 Å². The molecule has 0 saturated carbocycles. The molecule has 0 aliphatic heterocycles. The van der Waals surface area contributed by atoms with Crippen molar-refractivity contribution in [1.82, 2.24) is 9.97 Å². The Morgan fingerprint density at radius 2 is 2.00 bits per heavy atom. The van der Waals surface area contributed by atoms with Crippen molar-refractivity contribution in [1.29, 1.82) is 0 Å². The smallest absolute Gasteiger partial charge is 0.144 e. The minimum atomic E-state index is -0.264. The maximum atomic E-state index is 12.8. The third-order valence-electron chi connectivity index (χ3n) is 2.41. The number of halogens is 2. The van der Waals surface area contributed by atoms with Gasteiger partial charge in [-0.15, -0.1) is 0 Å². The fourth-order valence-electron chi connectivity index (χ4n) is 1.49. The number of nitrogens with one attached hydrogen (secondary N) is 1. The van der Waals surface area contributed by atoms with Crippen LogP contribution in [0.5, 0.6) is 0 Å². The van der Waals surface area contributed by atoms with Crippen LogP contribution in [-0.4, -0.2) is 9.97 Å². The molecule has 0 saturated heterocycles. The molecular formula is C12H10BrFN2S. The number of aromatic amines is 1. The molecule has 2 aromatic rings. The van der Waals surface area contributed by atoms with Gasteiger partial charge in [-0.05, 0) is 46.6 Å². The van der Waals surface area contributed by atoms with E-state index in [0.29, 0.717) is 10.5 Å². The molecule has 0 fully saturated rings. The molecule has 1 heterocycles. The maximum absolute atomic E-state index is 12.8. The number of benzene rings is 1. The molecule has 0 unspecified atom stereocenters. The summed E-state index contributed by atoms with van der Waals surface area (Å²) in [6.45, 7) is 2.03. The van der Waals surface area contributed by atoms with Crippen molar-refractivity contribution in [2.45, 2.75) is 13.3 Å². The molecule has 1 aromatic heterocycles. The molecule has 17 heavy (non-hydrogen) atoms. The van der Waals surface area contributed by atoms with Crippen LogP contribution < -0.4 is 0 Å². The molecule has 2 rings (SSSR count). The fraction of sp³-hybridized carbons (Fsp3) is 0.167. The lowest BCUT2D eigenvalue weighted by Gasteiger charge is -2.06. The highest BCUT2D eigenvalue weighted by molar-refractivity contribution is 9.10. The summed E-state index contributed by atoms with van der Waals surface area (Å²) in [4.78, 5) is 7.46. The van der Waals surface area contributed by atoms with Gasteiger partial charge in [0.25, 0.3) is 0 Å². The average Bonchev–Trinajstić information content (AvgIpc) is 2.33. The molecule has 0 radical (unpaired) electrons. The maximum Gasteiger partial charge on any atom is 0.144 e. The number of aromatic nitrogens is 2. The Hall–Kier alpha value is -1.07. The van der Waals surface area contributed by atoms with E-state index in [0.717, 1.165) is 22.2 Å². The van der Waals surface area contributed by atoms with Crippen LogP contribution in [0.4, 0.5) is 4.39 Å². The van der Waals surface area contributed by atoms with Gasteiger partial charge in [-0.2, -0.15) is 0 Å². The molecule has 0 aliphatic carbocycles. The Balaban J connectivity index is 2.56. The highest BCUT2D eigenvalue weighted by atomic mass is 79.9. The number of hydrogen-bond acceptors (Lipinski definition) is 2. The van der Waals surface area contributed by atoms with E-state index in [1.807, 2.05) is 6.92 Å². The van der Waals surface area contributed by atoms with Crippen molar-refractivity contribution in [3.8, 4) is 11.4 Å². The molecule has 0 bridgehead atoms. The summed E-state index contributed by atoms with van der Waals surface area (Å²) in [5.41, 5.74) is 1.81. The van der Waals surface area contributed by atoms with Crippen molar-refractivity contribution in [2.75, 3.05) is 0 Å². The third-order valence-corrected chi connectivity index (χ3v) is 3.82. The molecule has 0 atom stereocenters. The zero-order valence-electron chi connectivity index (χ0n) is 9.13. The normalized spacial score (nSPS) is 10.5. The van der Waals surface area contributed by atoms with Crippen molar-refractivity contribution in [2.24, 2.45) is 0 Å². The lowest BCUT2D eigenvalue weighted by atomic mass is 10.2. The van der Waals surface area contributed by atoms with Gasteiger partial charge in [0.15, 0.2) is 0 Å². The summed E-state index contributed by atoms with van der Waals surface area (Å²) >= 11 is 8.57. The Kier molecular flexibility index (Phi) is 3.69. The van der Waals surface area contributed by atoms with Gasteiger partial charge in [-0.3, -0.25) is 0 Å². The first-order chi connectivity index (χ1) is 8.11. The van der Waals surface area contributed by atoms with Crippen LogP contribution in [0.2, 0.25) is 0 Å². The Bertz CT molecular complexity index is 592. The van der Waals surface area contributed by atoms with E-state index in [1.54, 1.807) is 12.1 Å². The molecule has 0 spiro atoms. The second-order valence-corrected chi connectivity index (χ2v) is 4.72. The van der Waals surface area contributed by atoms with Crippen molar-refractivity contribution >= 4 is 28.1 Å². The minimum absolute atomic E-state index is 0.264. The van der Waals surface area contributed by atoms with Crippen molar-refractivity contribution in [3.05, 3.63) is 44.9 Å². The van der Waals surface area contributed by atoms with Crippen LogP contribution in [0.3, 0.4) is 0 Å². The van der Waals surface area contributed by atoms with Crippen molar-refractivity contribution in [3.63, 3.8) is 0 Å². The van der Waals surface area contributed by atoms with E-state index in [2.05, 4.69) is 25.9 Å². The Labute approximate surface area is 112 Å². The molecule has 0 amide bonds. The van der Waals surface area contributed by atoms with Crippen LogP contribution in [0.25, 0.3) is 11.4 Å². The summed E-state index contributed by atoms with van der Waals surface area (Å²) < 4.78 is 14.2. The lowest BCUT2D eigenvalue weighted by Crippen LogP contribution is -1.97. The predicted octanol–water partition coefficient (Wildman–Crippen LogP) is 4.27. The zero-order valence-corrected chi connectivity index (χ0v) is 11.5. The van der Waals surface area contributed by atoms with Crippen LogP contribution in [0, 0.1) is 10.5 Å². The monoisotopic (exact) mass is 312 g/mol. The number of H-pyrrole nitrogens is 1. The summed E-state index contributed by atoms with van der Waals surface area (Å²) in [6, 6.07) is 6.16. The van der Waals surface area contributed by atoms with Crippen LogP contribution >= 0.6 is 28.1 Å². The second-order valence-electron chi connectivity index (χ2n) is 3.54. The highest BCUT2D eigenvalue weighted by Gasteiger charge is 2.06. The van der Waals surface area contributed by atoms with E-state index in [4.69, 9.17) is 12.2 Å². The summed E-state index contributed by atoms with van der Waals surface area (Å²) in [5, 5.41) is 0. The van der Waals surface area contributed by atoms with E-state index >= 15 is 0 Å². The first-order valence-electron chi connectivity index (χ1n) is 5.16. The van der Waals surface area contributed by atoms with Gasteiger partial charge in [0.1, 0.15) is 16.3 Å². The van der Waals surface area contributed by atoms with E-state index in [1.165, 1.54) is 12.1 Å². The quantitative estimate of drug-likeness (QED) is 0.839. The fourth-order valence-corrected chi connectivity index (χ4v) is 2.18. The number of aryl methyl sites for hydroxylation is 1. The molecule has 0 aliphatic rings. The van der Waals surface area contributed by atoms with Gasteiger partial charge in [0.2, 0.25) is 0 Å². The number of rotatable bonds is 2.